The van der Waals surface area contributed by atoms with Crippen LogP contribution in [0.25, 0.3) is 5.52 Å². The molecule has 3 rings (SSSR count). The third-order valence-corrected chi connectivity index (χ3v) is 4.35. The number of hydrogen-bond acceptors (Lipinski definition) is 3. The molecule has 3 aromatic rings. The summed E-state index contributed by atoms with van der Waals surface area (Å²) in [6.07, 6.45) is 1.73. The molecule has 7 heteroatoms. The Hall–Kier alpha value is -2.70. The van der Waals surface area contributed by atoms with E-state index < -0.39 is 17.3 Å². The van der Waals surface area contributed by atoms with Crippen molar-refractivity contribution < 1.29 is 19.0 Å². The summed E-state index contributed by atoms with van der Waals surface area (Å²) in [5, 5.41) is 9.29. The molecule has 2 heterocycles. The Morgan fingerprint density at radius 1 is 1.27 bits per heavy atom. The maximum atomic E-state index is 14.1. The number of nitrogens with zero attached hydrogens (tertiary/aromatic N) is 1. The summed E-state index contributed by atoms with van der Waals surface area (Å²) in [7, 11) is 1.48. The third kappa shape index (κ3) is 3.34. The monoisotopic (exact) mass is 375 g/mol. The Morgan fingerprint density at radius 2 is 2.04 bits per heavy atom. The van der Waals surface area contributed by atoms with Gasteiger partial charge in [-0.1, -0.05) is 29.8 Å². The van der Waals surface area contributed by atoms with Gasteiger partial charge in [-0.15, -0.1) is 0 Å². The summed E-state index contributed by atoms with van der Waals surface area (Å²) >= 11 is 5.80. The van der Waals surface area contributed by atoms with E-state index in [0.717, 1.165) is 0 Å². The van der Waals surface area contributed by atoms with E-state index in [1.54, 1.807) is 24.3 Å². The van der Waals surface area contributed by atoms with E-state index in [2.05, 4.69) is 0 Å². The van der Waals surface area contributed by atoms with Gasteiger partial charge in [0, 0.05) is 25.3 Å². The predicted molar refractivity (Wildman–Crippen MR) is 95.6 cm³/mol. The molecular formula is C19H15ClFNO4. The number of rotatable bonds is 5. The summed E-state index contributed by atoms with van der Waals surface area (Å²) in [6.45, 7) is 0.159. The van der Waals surface area contributed by atoms with Gasteiger partial charge in [-0.2, -0.15) is 0 Å². The van der Waals surface area contributed by atoms with Crippen molar-refractivity contribution in [1.29, 1.82) is 0 Å². The molecule has 0 amide bonds. The zero-order valence-corrected chi connectivity index (χ0v) is 14.6. The minimum absolute atomic E-state index is 0.0241. The molecule has 0 saturated heterocycles. The van der Waals surface area contributed by atoms with E-state index in [1.165, 1.54) is 29.8 Å². The SMILES string of the molecule is COCc1cc(C(=O)O)c(=O)n2cc(Cc3cccc(Cl)c3F)ccc12. The van der Waals surface area contributed by atoms with Crippen LogP contribution in [0.2, 0.25) is 5.02 Å². The fraction of sp³-hybridized carbons (Fsp3) is 0.158. The van der Waals surface area contributed by atoms with Crippen molar-refractivity contribution in [1.82, 2.24) is 4.40 Å². The van der Waals surface area contributed by atoms with Gasteiger partial charge < -0.3 is 9.84 Å². The van der Waals surface area contributed by atoms with Crippen LogP contribution in [0.15, 0.2) is 47.4 Å². The molecule has 134 valence electrons. The smallest absolute Gasteiger partial charge is 0.341 e. The lowest BCUT2D eigenvalue weighted by Gasteiger charge is -2.11. The summed E-state index contributed by atoms with van der Waals surface area (Å²) in [5.74, 6) is -1.82. The average Bonchev–Trinajstić information content (AvgIpc) is 2.61. The van der Waals surface area contributed by atoms with Crippen LogP contribution in [0.1, 0.15) is 27.0 Å². The molecule has 5 nitrogen and oxygen atoms in total. The van der Waals surface area contributed by atoms with Crippen LogP contribution in [0.4, 0.5) is 4.39 Å². The largest absolute Gasteiger partial charge is 0.477 e. The molecule has 0 spiro atoms. The second kappa shape index (κ2) is 7.27. The van der Waals surface area contributed by atoms with Gasteiger partial charge in [-0.25, -0.2) is 9.18 Å². The Balaban J connectivity index is 2.15. The van der Waals surface area contributed by atoms with Crippen molar-refractivity contribution >= 4 is 23.1 Å². The number of carboxylic acid groups (broad SMARTS) is 1. The van der Waals surface area contributed by atoms with Crippen LogP contribution in [0.5, 0.6) is 0 Å². The second-order valence-electron chi connectivity index (χ2n) is 5.81. The lowest BCUT2D eigenvalue weighted by atomic mass is 10.0. The van der Waals surface area contributed by atoms with Crippen LogP contribution in [-0.4, -0.2) is 22.6 Å². The normalized spacial score (nSPS) is 11.0. The van der Waals surface area contributed by atoms with Gasteiger partial charge in [-0.05, 0) is 29.3 Å². The highest BCUT2D eigenvalue weighted by atomic mass is 35.5. The first-order valence-electron chi connectivity index (χ1n) is 7.74. The van der Waals surface area contributed by atoms with Gasteiger partial charge in [0.1, 0.15) is 11.4 Å². The molecule has 0 fully saturated rings. The predicted octanol–water partition coefficient (Wildman–Crippen LogP) is 3.53. The number of methoxy groups -OCH3 is 1. The number of benzene rings is 1. The number of carbonyl (C=O) groups is 1. The Kier molecular flexibility index (Phi) is 5.06. The topological polar surface area (TPSA) is 68.0 Å². The highest BCUT2D eigenvalue weighted by Gasteiger charge is 2.15. The second-order valence-corrected chi connectivity index (χ2v) is 6.22. The molecule has 26 heavy (non-hydrogen) atoms. The Bertz CT molecular complexity index is 1060. The molecule has 0 aliphatic carbocycles. The minimum Gasteiger partial charge on any atom is -0.477 e. The van der Waals surface area contributed by atoms with Gasteiger partial charge in [0.25, 0.3) is 5.56 Å². The number of fused-ring (bicyclic) bond motifs is 1. The zero-order valence-electron chi connectivity index (χ0n) is 13.8. The summed E-state index contributed by atoms with van der Waals surface area (Å²) in [5.41, 5.74) is 1.15. The fourth-order valence-corrected chi connectivity index (χ4v) is 3.04. The molecule has 0 aliphatic rings. The summed E-state index contributed by atoms with van der Waals surface area (Å²) < 4.78 is 20.5. The average molecular weight is 376 g/mol. The first-order chi connectivity index (χ1) is 12.4. The molecule has 0 atom stereocenters. The number of aromatic nitrogens is 1. The molecule has 0 unspecified atom stereocenters. The number of halogens is 2. The van der Waals surface area contributed by atoms with Crippen LogP contribution >= 0.6 is 11.6 Å². The maximum absolute atomic E-state index is 14.1. The van der Waals surface area contributed by atoms with Crippen molar-refractivity contribution in [3.05, 3.63) is 86.0 Å². The standard InChI is InChI=1S/C19H15ClFNO4/c1-26-10-13-8-14(19(24)25)18(23)22-9-11(5-6-16(13)22)7-12-3-2-4-15(20)17(12)21/h2-6,8-9H,7,10H2,1H3,(H,24,25). The van der Waals surface area contributed by atoms with Gasteiger partial charge >= 0.3 is 5.97 Å². The zero-order chi connectivity index (χ0) is 18.8. The van der Waals surface area contributed by atoms with Crippen molar-refractivity contribution in [3.8, 4) is 0 Å². The number of pyridine rings is 2. The van der Waals surface area contributed by atoms with Crippen molar-refractivity contribution in [2.45, 2.75) is 13.0 Å². The summed E-state index contributed by atoms with van der Waals surface area (Å²) in [4.78, 5) is 23.9. The van der Waals surface area contributed by atoms with Gasteiger partial charge in [0.2, 0.25) is 0 Å². The first-order valence-corrected chi connectivity index (χ1v) is 8.12. The van der Waals surface area contributed by atoms with Crippen LogP contribution < -0.4 is 5.56 Å². The van der Waals surface area contributed by atoms with Crippen molar-refractivity contribution in [2.24, 2.45) is 0 Å². The maximum Gasteiger partial charge on any atom is 0.341 e. The van der Waals surface area contributed by atoms with Gasteiger partial charge in [0.05, 0.1) is 17.1 Å². The van der Waals surface area contributed by atoms with E-state index in [0.29, 0.717) is 22.2 Å². The third-order valence-electron chi connectivity index (χ3n) is 4.06. The molecule has 0 bridgehead atoms. The van der Waals surface area contributed by atoms with E-state index >= 15 is 0 Å². The molecule has 0 radical (unpaired) electrons. The quantitative estimate of drug-likeness (QED) is 0.740. The lowest BCUT2D eigenvalue weighted by Crippen LogP contribution is -2.23. The molecule has 0 aliphatic heterocycles. The van der Waals surface area contributed by atoms with E-state index in [4.69, 9.17) is 16.3 Å². The Labute approximate surface area is 153 Å². The van der Waals surface area contributed by atoms with Crippen molar-refractivity contribution in [2.75, 3.05) is 7.11 Å². The highest BCUT2D eigenvalue weighted by molar-refractivity contribution is 6.30. The number of carboxylic acids is 1. The lowest BCUT2D eigenvalue weighted by molar-refractivity contribution is 0.0694. The number of hydrogen-bond donors (Lipinski definition) is 1. The van der Waals surface area contributed by atoms with E-state index in [1.807, 2.05) is 0 Å². The first kappa shape index (κ1) is 18.1. The van der Waals surface area contributed by atoms with Crippen LogP contribution in [0, 0.1) is 5.82 Å². The van der Waals surface area contributed by atoms with E-state index in [-0.39, 0.29) is 23.6 Å². The summed E-state index contributed by atoms with van der Waals surface area (Å²) in [6, 6.07) is 9.49. The number of aromatic carboxylic acids is 1. The fourth-order valence-electron chi connectivity index (χ4n) is 2.85. The number of ether oxygens (including phenoxy) is 1. The minimum atomic E-state index is -1.31. The highest BCUT2D eigenvalue weighted by Crippen LogP contribution is 2.21. The van der Waals surface area contributed by atoms with Gasteiger partial charge in [0.15, 0.2) is 0 Å². The molecule has 1 aromatic carbocycles. The molecular weight excluding hydrogens is 361 g/mol. The Morgan fingerprint density at radius 3 is 2.73 bits per heavy atom. The van der Waals surface area contributed by atoms with Crippen molar-refractivity contribution in [3.63, 3.8) is 0 Å². The van der Waals surface area contributed by atoms with Crippen LogP contribution in [-0.2, 0) is 17.8 Å². The molecule has 2 aromatic heterocycles. The molecule has 1 N–H and O–H groups in total. The van der Waals surface area contributed by atoms with Gasteiger partial charge in [-0.3, -0.25) is 9.20 Å². The van der Waals surface area contributed by atoms with Crippen LogP contribution in [0.3, 0.4) is 0 Å². The molecule has 0 saturated carbocycles. The van der Waals surface area contributed by atoms with E-state index in [9.17, 15) is 19.1 Å².